The van der Waals surface area contributed by atoms with E-state index in [2.05, 4.69) is 4.98 Å². The van der Waals surface area contributed by atoms with Gasteiger partial charge in [-0.2, -0.15) is 0 Å². The third-order valence-corrected chi connectivity index (χ3v) is 3.73. The molecule has 0 atom stereocenters. The molecule has 0 saturated heterocycles. The number of nitrogens with one attached hydrogen (secondary N) is 1. The Labute approximate surface area is 122 Å². The number of benzene rings is 2. The van der Waals surface area contributed by atoms with Gasteiger partial charge in [0.05, 0.1) is 10.9 Å². The number of pyridine rings is 1. The van der Waals surface area contributed by atoms with Crippen LogP contribution in [0.4, 0.5) is 0 Å². The lowest BCUT2D eigenvalue weighted by Gasteiger charge is -2.11. The summed E-state index contributed by atoms with van der Waals surface area (Å²) in [6.07, 6.45) is 0.697. The zero-order valence-corrected chi connectivity index (χ0v) is 12.1. The van der Waals surface area contributed by atoms with E-state index in [1.54, 1.807) is 6.07 Å². The quantitative estimate of drug-likeness (QED) is 0.750. The van der Waals surface area contributed by atoms with Gasteiger partial charge in [-0.25, -0.2) is 0 Å². The number of aromatic amines is 1. The Morgan fingerprint density at radius 1 is 1.14 bits per heavy atom. The third-order valence-electron chi connectivity index (χ3n) is 3.73. The number of phenols is 1. The molecule has 0 saturated carbocycles. The molecule has 3 heteroatoms. The summed E-state index contributed by atoms with van der Waals surface area (Å²) in [5, 5.41) is 10.6. The highest BCUT2D eigenvalue weighted by Crippen LogP contribution is 2.27. The number of aromatic nitrogens is 1. The Kier molecular flexibility index (Phi) is 3.26. The number of rotatable bonds is 2. The van der Waals surface area contributed by atoms with E-state index in [9.17, 15) is 9.90 Å². The van der Waals surface area contributed by atoms with Crippen LogP contribution in [0.1, 0.15) is 18.2 Å². The number of aryl methyl sites for hydroxylation is 2. The highest BCUT2D eigenvalue weighted by molar-refractivity contribution is 5.89. The van der Waals surface area contributed by atoms with Gasteiger partial charge in [-0.15, -0.1) is 0 Å². The van der Waals surface area contributed by atoms with Gasteiger partial charge < -0.3 is 10.1 Å². The van der Waals surface area contributed by atoms with E-state index < -0.39 is 0 Å². The molecular weight excluding hydrogens is 262 g/mol. The summed E-state index contributed by atoms with van der Waals surface area (Å²) in [4.78, 5) is 16.1. The van der Waals surface area contributed by atoms with Crippen LogP contribution in [0.5, 0.6) is 5.75 Å². The van der Waals surface area contributed by atoms with Gasteiger partial charge in [0.2, 0.25) is 0 Å². The molecule has 0 radical (unpaired) electrons. The molecule has 2 N–H and O–H groups in total. The summed E-state index contributed by atoms with van der Waals surface area (Å²) in [5.74, 6) is 0.122. The summed E-state index contributed by atoms with van der Waals surface area (Å²) in [7, 11) is 0. The first kappa shape index (κ1) is 13.4. The first-order valence-electron chi connectivity index (χ1n) is 7.05. The van der Waals surface area contributed by atoms with Gasteiger partial charge in [0.25, 0.3) is 0 Å². The van der Waals surface area contributed by atoms with Crippen molar-refractivity contribution in [1.29, 1.82) is 0 Å². The van der Waals surface area contributed by atoms with Gasteiger partial charge in [0.15, 0.2) is 5.43 Å². The van der Waals surface area contributed by atoms with Crippen molar-refractivity contribution >= 4 is 10.9 Å². The van der Waals surface area contributed by atoms with Crippen LogP contribution in [0.25, 0.3) is 22.0 Å². The van der Waals surface area contributed by atoms with Crippen LogP contribution in [0, 0.1) is 6.92 Å². The second kappa shape index (κ2) is 5.09. The number of H-pyrrole nitrogens is 1. The lowest BCUT2D eigenvalue weighted by molar-refractivity contribution is 0.480. The van der Waals surface area contributed by atoms with Crippen molar-refractivity contribution in [3.63, 3.8) is 0 Å². The molecule has 0 unspecified atom stereocenters. The summed E-state index contributed by atoms with van der Waals surface area (Å²) < 4.78 is 0. The molecule has 3 nitrogen and oxygen atoms in total. The number of hydrogen-bond acceptors (Lipinski definition) is 2. The minimum absolute atomic E-state index is 0.0363. The maximum absolute atomic E-state index is 12.9. The van der Waals surface area contributed by atoms with E-state index in [1.165, 1.54) is 0 Å². The second-order valence-corrected chi connectivity index (χ2v) is 5.23. The molecule has 0 aliphatic carbocycles. The molecule has 21 heavy (non-hydrogen) atoms. The van der Waals surface area contributed by atoms with E-state index in [4.69, 9.17) is 0 Å². The highest BCUT2D eigenvalue weighted by Gasteiger charge is 2.14. The van der Waals surface area contributed by atoms with Crippen molar-refractivity contribution in [2.75, 3.05) is 0 Å². The average Bonchev–Trinajstić information content (AvgIpc) is 2.48. The largest absolute Gasteiger partial charge is 0.506 e. The molecule has 0 spiro atoms. The molecule has 0 aliphatic rings. The number of phenolic OH excluding ortho intramolecular Hbond substituents is 1. The summed E-state index contributed by atoms with van der Waals surface area (Å²) in [6, 6.07) is 13.1. The standard InChI is InChI=1S/C18H17NO2/c1-3-14-16(12-7-5-4-6-8-12)18(21)13-9-11(2)10-15(20)17(13)19-14/h4-10,20H,3H2,1-2H3,(H,19,21). The lowest BCUT2D eigenvalue weighted by Crippen LogP contribution is -2.11. The molecule has 1 heterocycles. The Hall–Kier alpha value is -2.55. The second-order valence-electron chi connectivity index (χ2n) is 5.23. The fourth-order valence-electron chi connectivity index (χ4n) is 2.74. The van der Waals surface area contributed by atoms with Crippen molar-refractivity contribution in [3.05, 3.63) is 63.9 Å². The van der Waals surface area contributed by atoms with Crippen LogP contribution in [-0.4, -0.2) is 10.1 Å². The van der Waals surface area contributed by atoms with Crippen LogP contribution >= 0.6 is 0 Å². The normalized spacial score (nSPS) is 11.0. The first-order valence-corrected chi connectivity index (χ1v) is 7.05. The monoisotopic (exact) mass is 279 g/mol. The van der Waals surface area contributed by atoms with Crippen molar-refractivity contribution in [1.82, 2.24) is 4.98 Å². The van der Waals surface area contributed by atoms with Gasteiger partial charge in [-0.05, 0) is 36.6 Å². The van der Waals surface area contributed by atoms with Gasteiger partial charge in [0, 0.05) is 11.3 Å². The van der Waals surface area contributed by atoms with Crippen LogP contribution in [0.3, 0.4) is 0 Å². The molecule has 0 bridgehead atoms. The number of aromatic hydroxyl groups is 1. The average molecular weight is 279 g/mol. The maximum atomic E-state index is 12.9. The van der Waals surface area contributed by atoms with E-state index in [0.29, 0.717) is 22.9 Å². The minimum Gasteiger partial charge on any atom is -0.506 e. The first-order chi connectivity index (χ1) is 10.1. The SMILES string of the molecule is CCc1[nH]c2c(O)cc(C)cc2c(=O)c1-c1ccccc1. The van der Waals surface area contributed by atoms with Gasteiger partial charge in [-0.1, -0.05) is 37.3 Å². The van der Waals surface area contributed by atoms with E-state index >= 15 is 0 Å². The predicted molar refractivity (Wildman–Crippen MR) is 85.8 cm³/mol. The van der Waals surface area contributed by atoms with Gasteiger partial charge >= 0.3 is 0 Å². The molecule has 3 aromatic rings. The lowest BCUT2D eigenvalue weighted by atomic mass is 9.98. The zero-order chi connectivity index (χ0) is 15.0. The van der Waals surface area contributed by atoms with Crippen LogP contribution in [0.2, 0.25) is 0 Å². The molecule has 0 fully saturated rings. The molecular formula is C18H17NO2. The minimum atomic E-state index is -0.0363. The van der Waals surface area contributed by atoms with Gasteiger partial charge in [-0.3, -0.25) is 4.79 Å². The van der Waals surface area contributed by atoms with E-state index in [0.717, 1.165) is 16.8 Å². The third kappa shape index (κ3) is 2.21. The highest BCUT2D eigenvalue weighted by atomic mass is 16.3. The van der Waals surface area contributed by atoms with Crippen LogP contribution in [-0.2, 0) is 6.42 Å². The molecule has 0 aliphatic heterocycles. The van der Waals surface area contributed by atoms with E-state index in [1.807, 2.05) is 50.2 Å². The summed E-state index contributed by atoms with van der Waals surface area (Å²) >= 11 is 0. The maximum Gasteiger partial charge on any atom is 0.197 e. The number of hydrogen-bond donors (Lipinski definition) is 2. The predicted octanol–water partition coefficient (Wildman–Crippen LogP) is 3.77. The topological polar surface area (TPSA) is 53.1 Å². The summed E-state index contributed by atoms with van der Waals surface area (Å²) in [5.41, 5.74) is 3.79. The molecule has 2 aromatic carbocycles. The molecule has 0 amide bonds. The Morgan fingerprint density at radius 3 is 2.52 bits per heavy atom. The van der Waals surface area contributed by atoms with Crippen molar-refractivity contribution in [2.24, 2.45) is 0 Å². The summed E-state index contributed by atoms with van der Waals surface area (Å²) in [6.45, 7) is 3.86. The molecule has 1 aromatic heterocycles. The smallest absolute Gasteiger partial charge is 0.197 e. The van der Waals surface area contributed by atoms with Crippen LogP contribution in [0.15, 0.2) is 47.3 Å². The Balaban J connectivity index is 2.45. The Morgan fingerprint density at radius 2 is 1.86 bits per heavy atom. The van der Waals surface area contributed by atoms with Crippen LogP contribution < -0.4 is 5.43 Å². The van der Waals surface area contributed by atoms with Gasteiger partial charge in [0.1, 0.15) is 5.75 Å². The number of fused-ring (bicyclic) bond motifs is 1. The molecule has 106 valence electrons. The fraction of sp³-hybridized carbons (Fsp3) is 0.167. The van der Waals surface area contributed by atoms with Crippen molar-refractivity contribution in [2.45, 2.75) is 20.3 Å². The van der Waals surface area contributed by atoms with Crippen molar-refractivity contribution < 1.29 is 5.11 Å². The van der Waals surface area contributed by atoms with E-state index in [-0.39, 0.29) is 11.2 Å². The van der Waals surface area contributed by atoms with Crippen molar-refractivity contribution in [3.8, 4) is 16.9 Å². The zero-order valence-electron chi connectivity index (χ0n) is 12.1. The fourth-order valence-corrected chi connectivity index (χ4v) is 2.74. The Bertz CT molecular complexity index is 864. The molecule has 3 rings (SSSR count).